The third-order valence-electron chi connectivity index (χ3n) is 4.16. The maximum atomic E-state index is 12.7. The van der Waals surface area contributed by atoms with Gasteiger partial charge < -0.3 is 0 Å². The van der Waals surface area contributed by atoms with Gasteiger partial charge in [0.15, 0.2) is 0 Å². The standard InChI is InChI=1S/C21H18ClN3O3/c1-14(26)24-19(11-17-5-3-4-6-20(17)24)12-21(28)25(15(2)27)23-13-16-7-9-18(22)10-8-16/h3-11,13H,12H2,1-2H3/b23-13-. The molecule has 0 saturated heterocycles. The summed E-state index contributed by atoms with van der Waals surface area (Å²) in [5, 5.41) is 6.25. The van der Waals surface area contributed by atoms with Crippen molar-refractivity contribution in [3.8, 4) is 0 Å². The van der Waals surface area contributed by atoms with Crippen molar-refractivity contribution in [3.05, 3.63) is 70.9 Å². The molecule has 0 bridgehead atoms. The van der Waals surface area contributed by atoms with E-state index in [0.717, 1.165) is 15.9 Å². The van der Waals surface area contributed by atoms with Gasteiger partial charge >= 0.3 is 0 Å². The van der Waals surface area contributed by atoms with Crippen LogP contribution >= 0.6 is 11.6 Å². The van der Waals surface area contributed by atoms with Gasteiger partial charge in [-0.2, -0.15) is 10.1 Å². The quantitative estimate of drug-likeness (QED) is 0.496. The number of hydrogen-bond donors (Lipinski definition) is 0. The average molecular weight is 396 g/mol. The van der Waals surface area contributed by atoms with Crippen LogP contribution < -0.4 is 0 Å². The van der Waals surface area contributed by atoms with Crippen LogP contribution in [0.1, 0.15) is 29.9 Å². The van der Waals surface area contributed by atoms with E-state index in [9.17, 15) is 14.4 Å². The summed E-state index contributed by atoms with van der Waals surface area (Å²) in [4.78, 5) is 36.8. The molecule has 28 heavy (non-hydrogen) atoms. The normalized spacial score (nSPS) is 11.1. The second kappa shape index (κ2) is 8.19. The van der Waals surface area contributed by atoms with Crippen molar-refractivity contribution in [3.63, 3.8) is 0 Å². The Morgan fingerprint density at radius 3 is 2.39 bits per heavy atom. The van der Waals surface area contributed by atoms with Gasteiger partial charge in [0.1, 0.15) is 0 Å². The maximum absolute atomic E-state index is 12.7. The Bertz CT molecular complexity index is 1080. The number of hydrazone groups is 1. The van der Waals surface area contributed by atoms with Gasteiger partial charge in [0, 0.05) is 30.0 Å². The Hall–Kier alpha value is -3.25. The molecule has 7 heteroatoms. The highest BCUT2D eigenvalue weighted by Gasteiger charge is 2.21. The van der Waals surface area contributed by atoms with E-state index in [-0.39, 0.29) is 12.3 Å². The first-order valence-electron chi connectivity index (χ1n) is 8.60. The van der Waals surface area contributed by atoms with Gasteiger partial charge in [0.05, 0.1) is 18.2 Å². The lowest BCUT2D eigenvalue weighted by Gasteiger charge is -2.13. The van der Waals surface area contributed by atoms with Crippen LogP contribution in [0.3, 0.4) is 0 Å². The fraction of sp³-hybridized carbons (Fsp3) is 0.143. The summed E-state index contributed by atoms with van der Waals surface area (Å²) in [6, 6.07) is 16.0. The highest BCUT2D eigenvalue weighted by Crippen LogP contribution is 2.21. The number of rotatable bonds is 4. The van der Waals surface area contributed by atoms with Crippen LogP contribution in [0.2, 0.25) is 5.02 Å². The largest absolute Gasteiger partial charge is 0.284 e. The number of fused-ring (bicyclic) bond motifs is 1. The molecule has 0 N–H and O–H groups in total. The van der Waals surface area contributed by atoms with Crippen molar-refractivity contribution >= 4 is 46.4 Å². The zero-order valence-corrected chi connectivity index (χ0v) is 16.2. The van der Waals surface area contributed by atoms with E-state index in [0.29, 0.717) is 16.3 Å². The summed E-state index contributed by atoms with van der Waals surface area (Å²) in [6.45, 7) is 2.69. The highest BCUT2D eigenvalue weighted by atomic mass is 35.5. The molecule has 0 aliphatic heterocycles. The summed E-state index contributed by atoms with van der Waals surface area (Å²) >= 11 is 5.85. The Morgan fingerprint density at radius 2 is 1.75 bits per heavy atom. The molecule has 0 spiro atoms. The molecular weight excluding hydrogens is 378 g/mol. The molecule has 0 atom stereocenters. The van der Waals surface area contributed by atoms with Crippen molar-refractivity contribution in [2.24, 2.45) is 5.10 Å². The van der Waals surface area contributed by atoms with E-state index in [1.54, 1.807) is 30.3 Å². The molecule has 1 aromatic heterocycles. The van der Waals surface area contributed by atoms with E-state index < -0.39 is 11.8 Å². The number of carbonyl (C=O) groups excluding carboxylic acids is 3. The molecule has 0 fully saturated rings. The topological polar surface area (TPSA) is 71.7 Å². The molecule has 1 heterocycles. The summed E-state index contributed by atoms with van der Waals surface area (Å²) in [5.41, 5.74) is 1.92. The number of carbonyl (C=O) groups is 3. The maximum Gasteiger partial charge on any atom is 0.255 e. The number of halogens is 1. The highest BCUT2D eigenvalue weighted by molar-refractivity contribution is 6.30. The Labute approximate surface area is 167 Å². The molecular formula is C21H18ClN3O3. The molecule has 0 aliphatic carbocycles. The molecule has 3 aromatic rings. The molecule has 0 unspecified atom stereocenters. The van der Waals surface area contributed by atoms with E-state index in [1.165, 1.54) is 24.6 Å². The SMILES string of the molecule is CC(=O)N(/N=C\c1ccc(Cl)cc1)C(=O)Cc1cc2ccccc2n1C(C)=O. The number of benzene rings is 2. The Morgan fingerprint density at radius 1 is 1.07 bits per heavy atom. The van der Waals surface area contributed by atoms with Crippen LogP contribution in [0, 0.1) is 0 Å². The fourth-order valence-electron chi connectivity index (χ4n) is 2.94. The van der Waals surface area contributed by atoms with Gasteiger partial charge in [-0.15, -0.1) is 0 Å². The third-order valence-corrected chi connectivity index (χ3v) is 4.41. The van der Waals surface area contributed by atoms with Crippen LogP contribution in [-0.4, -0.2) is 33.5 Å². The number of amides is 2. The summed E-state index contributed by atoms with van der Waals surface area (Å²) in [5.74, 6) is -1.24. The molecule has 0 radical (unpaired) electrons. The second-order valence-corrected chi connectivity index (χ2v) is 6.68. The van der Waals surface area contributed by atoms with Crippen LogP contribution in [0.25, 0.3) is 10.9 Å². The summed E-state index contributed by atoms with van der Waals surface area (Å²) in [7, 11) is 0. The van der Waals surface area contributed by atoms with Crippen molar-refractivity contribution < 1.29 is 14.4 Å². The lowest BCUT2D eigenvalue weighted by atomic mass is 10.2. The first kappa shape index (κ1) is 19.5. The molecule has 2 aromatic carbocycles. The van der Waals surface area contributed by atoms with Gasteiger partial charge in [0.2, 0.25) is 11.8 Å². The van der Waals surface area contributed by atoms with Gasteiger partial charge in [-0.1, -0.05) is 41.9 Å². The first-order valence-corrected chi connectivity index (χ1v) is 8.98. The van der Waals surface area contributed by atoms with Crippen LogP contribution in [-0.2, 0) is 16.0 Å². The minimum Gasteiger partial charge on any atom is -0.284 e. The summed E-state index contributed by atoms with van der Waals surface area (Å²) < 4.78 is 1.48. The Kier molecular flexibility index (Phi) is 5.70. The average Bonchev–Trinajstić information content (AvgIpc) is 3.01. The van der Waals surface area contributed by atoms with E-state index in [4.69, 9.17) is 11.6 Å². The predicted molar refractivity (Wildman–Crippen MR) is 109 cm³/mol. The first-order chi connectivity index (χ1) is 13.4. The lowest BCUT2D eigenvalue weighted by molar-refractivity contribution is -0.143. The van der Waals surface area contributed by atoms with Crippen molar-refractivity contribution in [2.45, 2.75) is 20.3 Å². The number of hydrogen-bond acceptors (Lipinski definition) is 4. The van der Waals surface area contributed by atoms with Crippen molar-refractivity contribution in [2.75, 3.05) is 0 Å². The predicted octanol–water partition coefficient (Wildman–Crippen LogP) is 3.91. The van der Waals surface area contributed by atoms with Gasteiger partial charge in [-0.3, -0.25) is 19.0 Å². The minimum absolute atomic E-state index is 0.133. The van der Waals surface area contributed by atoms with Gasteiger partial charge in [-0.05, 0) is 29.8 Å². The zero-order chi connectivity index (χ0) is 20.3. The van der Waals surface area contributed by atoms with Crippen LogP contribution in [0.15, 0.2) is 59.7 Å². The molecule has 142 valence electrons. The van der Waals surface area contributed by atoms with Crippen LogP contribution in [0.5, 0.6) is 0 Å². The molecule has 0 saturated carbocycles. The van der Waals surface area contributed by atoms with Crippen molar-refractivity contribution in [1.82, 2.24) is 9.58 Å². The molecule has 2 amide bonds. The van der Waals surface area contributed by atoms with Gasteiger partial charge in [0.25, 0.3) is 5.91 Å². The third kappa shape index (κ3) is 4.18. The minimum atomic E-state index is -0.525. The Balaban J connectivity index is 1.88. The molecule has 6 nitrogen and oxygen atoms in total. The molecule has 3 rings (SSSR count). The van der Waals surface area contributed by atoms with E-state index in [1.807, 2.05) is 24.3 Å². The van der Waals surface area contributed by atoms with Crippen LogP contribution in [0.4, 0.5) is 0 Å². The van der Waals surface area contributed by atoms with E-state index >= 15 is 0 Å². The zero-order valence-electron chi connectivity index (χ0n) is 15.4. The second-order valence-electron chi connectivity index (χ2n) is 6.25. The van der Waals surface area contributed by atoms with Crippen molar-refractivity contribution in [1.29, 1.82) is 0 Å². The number of imide groups is 1. The fourth-order valence-corrected chi connectivity index (χ4v) is 3.06. The van der Waals surface area contributed by atoms with Gasteiger partial charge in [-0.25, -0.2) is 0 Å². The lowest BCUT2D eigenvalue weighted by Crippen LogP contribution is -2.32. The number of nitrogens with zero attached hydrogens (tertiary/aromatic N) is 3. The smallest absolute Gasteiger partial charge is 0.255 e. The monoisotopic (exact) mass is 395 g/mol. The number of para-hydroxylation sites is 1. The number of aromatic nitrogens is 1. The summed E-state index contributed by atoms with van der Waals surface area (Å²) in [6.07, 6.45) is 1.28. The van der Waals surface area contributed by atoms with E-state index in [2.05, 4.69) is 5.10 Å². The molecule has 0 aliphatic rings.